The Balaban J connectivity index is 2.05. The molecule has 1 aliphatic carbocycles. The van der Waals surface area contributed by atoms with Crippen LogP contribution in [0.15, 0.2) is 0 Å². The molecule has 0 spiro atoms. The van der Waals surface area contributed by atoms with E-state index in [1.807, 2.05) is 0 Å². The number of carbonyl (C=O) groups is 2. The van der Waals surface area contributed by atoms with E-state index in [-0.39, 0.29) is 30.8 Å². The minimum atomic E-state index is -0.971. The lowest BCUT2D eigenvalue weighted by atomic mass is 10.2. The van der Waals surface area contributed by atoms with Gasteiger partial charge >= 0.3 is 12.0 Å². The average Bonchev–Trinajstić information content (AvgIpc) is 3.12. The van der Waals surface area contributed by atoms with Crippen LogP contribution >= 0.6 is 0 Å². The molecule has 0 aromatic carbocycles. The van der Waals surface area contributed by atoms with Crippen molar-refractivity contribution in [3.63, 3.8) is 0 Å². The van der Waals surface area contributed by atoms with E-state index in [9.17, 15) is 9.59 Å². The van der Waals surface area contributed by atoms with Crippen LogP contribution in [0.3, 0.4) is 0 Å². The van der Waals surface area contributed by atoms with Crippen LogP contribution in [0.25, 0.3) is 0 Å². The van der Waals surface area contributed by atoms with E-state index in [4.69, 9.17) is 14.6 Å². The lowest BCUT2D eigenvalue weighted by Gasteiger charge is -2.31. The van der Waals surface area contributed by atoms with E-state index >= 15 is 0 Å². The quantitative estimate of drug-likeness (QED) is 0.811. The maximum absolute atomic E-state index is 12.7. The van der Waals surface area contributed by atoms with E-state index in [0.717, 1.165) is 25.7 Å². The fourth-order valence-corrected chi connectivity index (χ4v) is 3.25. The molecule has 21 heavy (non-hydrogen) atoms. The number of rotatable bonds is 5. The van der Waals surface area contributed by atoms with Crippen molar-refractivity contribution in [1.82, 2.24) is 9.80 Å². The maximum atomic E-state index is 12.7. The summed E-state index contributed by atoms with van der Waals surface area (Å²) in [5.74, 6) is -0.971. The first-order valence-corrected chi connectivity index (χ1v) is 7.39. The fourth-order valence-electron chi connectivity index (χ4n) is 3.25. The molecule has 0 aromatic rings. The van der Waals surface area contributed by atoms with E-state index in [1.54, 1.807) is 19.1 Å². The fraction of sp³-hybridized carbons (Fsp3) is 0.857. The van der Waals surface area contributed by atoms with Gasteiger partial charge in [-0.25, -0.2) is 4.79 Å². The van der Waals surface area contributed by atoms with Gasteiger partial charge in [-0.2, -0.15) is 0 Å². The van der Waals surface area contributed by atoms with Gasteiger partial charge in [-0.15, -0.1) is 0 Å². The number of urea groups is 1. The van der Waals surface area contributed by atoms with Gasteiger partial charge in [0.2, 0.25) is 0 Å². The summed E-state index contributed by atoms with van der Waals surface area (Å²) in [6.45, 7) is 0.642. The van der Waals surface area contributed by atoms with Gasteiger partial charge in [0.25, 0.3) is 0 Å². The second-order valence-electron chi connectivity index (χ2n) is 5.70. The summed E-state index contributed by atoms with van der Waals surface area (Å²) in [6.07, 6.45) is 3.55. The number of carboxylic acid groups (broad SMARTS) is 1. The molecule has 1 saturated heterocycles. The Kier molecular flexibility index (Phi) is 5.41. The monoisotopic (exact) mass is 300 g/mol. The largest absolute Gasteiger partial charge is 0.480 e. The molecule has 2 rings (SSSR count). The first-order valence-electron chi connectivity index (χ1n) is 7.39. The molecule has 7 nitrogen and oxygen atoms in total. The van der Waals surface area contributed by atoms with Gasteiger partial charge in [0.15, 0.2) is 0 Å². The summed E-state index contributed by atoms with van der Waals surface area (Å²) in [5, 5.41) is 9.07. The van der Waals surface area contributed by atoms with Crippen molar-refractivity contribution in [2.45, 2.75) is 43.9 Å². The molecule has 0 bridgehead atoms. The second kappa shape index (κ2) is 7.09. The van der Waals surface area contributed by atoms with Crippen molar-refractivity contribution in [1.29, 1.82) is 0 Å². The Morgan fingerprint density at radius 2 is 1.67 bits per heavy atom. The number of aliphatic carboxylic acids is 1. The third kappa shape index (κ3) is 3.65. The Bertz CT molecular complexity index is 372. The van der Waals surface area contributed by atoms with Gasteiger partial charge in [0.05, 0.1) is 13.1 Å². The zero-order valence-corrected chi connectivity index (χ0v) is 12.7. The summed E-state index contributed by atoms with van der Waals surface area (Å²) in [7, 11) is 3.19. The molecule has 120 valence electrons. The van der Waals surface area contributed by atoms with Crippen LogP contribution in [0.2, 0.25) is 0 Å². The van der Waals surface area contributed by atoms with Crippen LogP contribution in [-0.2, 0) is 14.3 Å². The molecule has 1 saturated carbocycles. The van der Waals surface area contributed by atoms with Gasteiger partial charge < -0.3 is 24.4 Å². The van der Waals surface area contributed by atoms with Crippen molar-refractivity contribution in [2.24, 2.45) is 0 Å². The smallest absolute Gasteiger partial charge is 0.323 e. The Hall–Kier alpha value is -1.34. The second-order valence-corrected chi connectivity index (χ2v) is 5.70. The summed E-state index contributed by atoms with van der Waals surface area (Å²) in [6, 6.07) is -0.179. The molecule has 0 aromatic heterocycles. The molecule has 2 aliphatic rings. The van der Waals surface area contributed by atoms with Crippen LogP contribution in [0.4, 0.5) is 4.79 Å². The van der Waals surface area contributed by atoms with Crippen molar-refractivity contribution < 1.29 is 24.2 Å². The normalized spacial score (nSPS) is 26.3. The zero-order chi connectivity index (χ0) is 15.4. The lowest BCUT2D eigenvalue weighted by molar-refractivity contribution is -0.138. The molecule has 7 heteroatoms. The van der Waals surface area contributed by atoms with Crippen LogP contribution in [0.5, 0.6) is 0 Å². The number of hydrogen-bond acceptors (Lipinski definition) is 4. The van der Waals surface area contributed by atoms with Gasteiger partial charge in [0.1, 0.15) is 18.8 Å². The van der Waals surface area contributed by atoms with Crippen molar-refractivity contribution in [3.05, 3.63) is 0 Å². The molecule has 1 aliphatic heterocycles. The first kappa shape index (κ1) is 16.0. The minimum Gasteiger partial charge on any atom is -0.480 e. The zero-order valence-electron chi connectivity index (χ0n) is 12.7. The number of ether oxygens (including phenoxy) is 2. The van der Waals surface area contributed by atoms with E-state index in [0.29, 0.717) is 13.1 Å². The number of methoxy groups -OCH3 is 2. The average molecular weight is 300 g/mol. The SMILES string of the molecule is COC1CN(C(=O)N(CC(=O)O)C2CCCC2)CC1OC. The molecule has 2 fully saturated rings. The topological polar surface area (TPSA) is 79.3 Å². The molecule has 1 heterocycles. The van der Waals surface area contributed by atoms with Crippen molar-refractivity contribution in [3.8, 4) is 0 Å². The summed E-state index contributed by atoms with van der Waals surface area (Å²) < 4.78 is 10.7. The predicted octanol–water partition coefficient (Wildman–Crippen LogP) is 0.781. The number of carbonyl (C=O) groups excluding carboxylic acids is 1. The highest BCUT2D eigenvalue weighted by atomic mass is 16.5. The van der Waals surface area contributed by atoms with Gasteiger partial charge in [-0.1, -0.05) is 12.8 Å². The van der Waals surface area contributed by atoms with Crippen molar-refractivity contribution in [2.75, 3.05) is 33.9 Å². The number of amides is 2. The van der Waals surface area contributed by atoms with Crippen LogP contribution in [0, 0.1) is 0 Å². The molecule has 2 atom stereocenters. The maximum Gasteiger partial charge on any atom is 0.323 e. The highest BCUT2D eigenvalue weighted by Crippen LogP contribution is 2.26. The third-order valence-electron chi connectivity index (χ3n) is 4.41. The molecular formula is C14H24N2O5. The Morgan fingerprint density at radius 1 is 1.14 bits per heavy atom. The van der Waals surface area contributed by atoms with E-state index in [2.05, 4.69) is 0 Å². The number of hydrogen-bond donors (Lipinski definition) is 1. The van der Waals surface area contributed by atoms with Gasteiger partial charge in [0, 0.05) is 20.3 Å². The number of carboxylic acids is 1. The summed E-state index contributed by atoms with van der Waals surface area (Å²) >= 11 is 0. The van der Waals surface area contributed by atoms with Gasteiger partial charge in [-0.05, 0) is 12.8 Å². The minimum absolute atomic E-state index is 0.0381. The Labute approximate surface area is 124 Å². The van der Waals surface area contributed by atoms with Gasteiger partial charge in [-0.3, -0.25) is 4.79 Å². The predicted molar refractivity (Wildman–Crippen MR) is 75.2 cm³/mol. The molecule has 1 N–H and O–H groups in total. The summed E-state index contributed by atoms with van der Waals surface area (Å²) in [5.41, 5.74) is 0. The standard InChI is InChI=1S/C14H24N2O5/c1-20-11-7-15(8-12(11)21-2)14(19)16(9-13(17)18)10-5-3-4-6-10/h10-12H,3-9H2,1-2H3,(H,17,18). The van der Waals surface area contributed by atoms with E-state index in [1.165, 1.54) is 4.90 Å². The van der Waals surface area contributed by atoms with Crippen LogP contribution < -0.4 is 0 Å². The van der Waals surface area contributed by atoms with E-state index < -0.39 is 5.97 Å². The number of likely N-dealkylation sites (tertiary alicyclic amines) is 1. The van der Waals surface area contributed by atoms with Crippen LogP contribution in [0.1, 0.15) is 25.7 Å². The molecule has 0 radical (unpaired) electrons. The highest BCUT2D eigenvalue weighted by molar-refractivity contribution is 5.80. The van der Waals surface area contributed by atoms with Crippen molar-refractivity contribution >= 4 is 12.0 Å². The third-order valence-corrected chi connectivity index (χ3v) is 4.41. The molecular weight excluding hydrogens is 276 g/mol. The Morgan fingerprint density at radius 3 is 2.10 bits per heavy atom. The van der Waals surface area contributed by atoms with Crippen LogP contribution in [-0.4, -0.2) is 79.0 Å². The lowest BCUT2D eigenvalue weighted by Crippen LogP contribution is -2.49. The first-order chi connectivity index (χ1) is 10.1. The summed E-state index contributed by atoms with van der Waals surface area (Å²) in [4.78, 5) is 26.9. The molecule has 2 unspecified atom stereocenters. The highest BCUT2D eigenvalue weighted by Gasteiger charge is 2.39. The molecule has 2 amide bonds. The number of nitrogens with zero attached hydrogens (tertiary/aromatic N) is 2.